The molecule has 4 aliphatic carbocycles. The van der Waals surface area contributed by atoms with Crippen molar-refractivity contribution in [2.45, 2.75) is 72.1 Å². The maximum atomic E-state index is 12.7. The molecule has 162 valence electrons. The molecule has 0 radical (unpaired) electrons. The highest BCUT2D eigenvalue weighted by molar-refractivity contribution is 5.96. The summed E-state index contributed by atoms with van der Waals surface area (Å²) in [5, 5.41) is 9.01. The summed E-state index contributed by atoms with van der Waals surface area (Å²) in [6, 6.07) is 0. The van der Waals surface area contributed by atoms with Gasteiger partial charge in [-0.3, -0.25) is 4.79 Å². The first kappa shape index (κ1) is 20.8. The van der Waals surface area contributed by atoms with Gasteiger partial charge in [0.2, 0.25) is 0 Å². The largest absolute Gasteiger partial charge is 0.396 e. The van der Waals surface area contributed by atoms with Crippen LogP contribution in [0.2, 0.25) is 0 Å². The van der Waals surface area contributed by atoms with Gasteiger partial charge >= 0.3 is 0 Å². The van der Waals surface area contributed by atoms with Crippen LogP contribution in [0, 0.1) is 34.5 Å². The summed E-state index contributed by atoms with van der Waals surface area (Å²) in [5.74, 6) is 2.55. The quantitative estimate of drug-likeness (QED) is 0.556. The second-order valence-corrected chi connectivity index (χ2v) is 10.0. The highest BCUT2D eigenvalue weighted by Gasteiger charge is 2.61. The van der Waals surface area contributed by atoms with Gasteiger partial charge in [0.15, 0.2) is 0 Å². The number of carbonyl (C=O) groups excluding carboxylic acids is 1. The monoisotopic (exact) mass is 403 g/mol. The number of hydrogen-bond acceptors (Lipinski definition) is 6. The van der Waals surface area contributed by atoms with Gasteiger partial charge in [0.05, 0.1) is 11.4 Å². The summed E-state index contributed by atoms with van der Waals surface area (Å²) in [5.41, 5.74) is 7.92. The zero-order valence-corrected chi connectivity index (χ0v) is 18.3. The minimum Gasteiger partial charge on any atom is -0.396 e. The molecule has 6 atom stereocenters. The molecule has 0 bridgehead atoms. The average molecular weight is 404 g/mol. The van der Waals surface area contributed by atoms with Gasteiger partial charge in [-0.25, -0.2) is 0 Å². The summed E-state index contributed by atoms with van der Waals surface area (Å²) in [4.78, 5) is 23.7. The Labute approximate surface area is 174 Å². The number of nitrogens with two attached hydrogens (primary N) is 1. The van der Waals surface area contributed by atoms with Gasteiger partial charge in [-0.2, -0.15) is 0 Å². The van der Waals surface area contributed by atoms with Gasteiger partial charge in [-0.05, 0) is 75.0 Å². The van der Waals surface area contributed by atoms with Crippen molar-refractivity contribution >= 4 is 17.2 Å². The second kappa shape index (κ2) is 8.01. The van der Waals surface area contributed by atoms with Crippen molar-refractivity contribution in [3.05, 3.63) is 0 Å². The first-order valence-electron chi connectivity index (χ1n) is 11.5. The number of oxime groups is 2. The predicted octanol–water partition coefficient (Wildman–Crippen LogP) is 3.93. The fourth-order valence-corrected chi connectivity index (χ4v) is 7.17. The van der Waals surface area contributed by atoms with E-state index in [0.717, 1.165) is 57.1 Å². The Balaban J connectivity index is 1.64. The Hall–Kier alpha value is -1.43. The fourth-order valence-electron chi connectivity index (χ4n) is 7.17. The number of rotatable bonds is 5. The molecule has 0 aliphatic heterocycles. The van der Waals surface area contributed by atoms with Gasteiger partial charge in [-0.15, -0.1) is 0 Å². The van der Waals surface area contributed by atoms with Crippen LogP contribution in [-0.2, 0) is 14.5 Å². The summed E-state index contributed by atoms with van der Waals surface area (Å²) in [6.45, 7) is 8.21. The summed E-state index contributed by atoms with van der Waals surface area (Å²) in [7, 11) is 0. The topological polar surface area (TPSA) is 86.3 Å². The number of carbonyl (C=O) groups is 1. The van der Waals surface area contributed by atoms with Gasteiger partial charge in [0.1, 0.15) is 19.0 Å². The van der Waals surface area contributed by atoms with Crippen LogP contribution in [0.3, 0.4) is 0 Å². The van der Waals surface area contributed by atoms with Gasteiger partial charge in [0.25, 0.3) is 0 Å². The highest BCUT2D eigenvalue weighted by atomic mass is 16.6. The fraction of sp³-hybridized carbons (Fsp3) is 0.870. The van der Waals surface area contributed by atoms with Crippen molar-refractivity contribution in [1.29, 1.82) is 0 Å². The first-order chi connectivity index (χ1) is 13.9. The standard InChI is InChI=1S/C23H37N3O3/c1-4-28-26-20-14-16-17-5-6-21(27)23(17,3)10-8-18(16)22(2)9-7-15(13-19(20)22)25-29-12-11-24/h16-19H,4-14,24H2,1-3H3/b25-15-,26-20-/t16-,17-,18-,19?,22+,23-/m0/s1. The molecule has 0 aromatic carbocycles. The lowest BCUT2D eigenvalue weighted by Crippen LogP contribution is -2.56. The van der Waals surface area contributed by atoms with E-state index >= 15 is 0 Å². The SMILES string of the molecule is CCO/N=C1/C[C@@H]2[C@H](CC[C@]3(C)C(=O)CC[C@@H]23)[C@@]2(C)CC/C(=N/OCCN)CC12. The lowest BCUT2D eigenvalue weighted by Gasteiger charge is -2.59. The van der Waals surface area contributed by atoms with E-state index in [1.165, 1.54) is 5.71 Å². The molecule has 0 saturated heterocycles. The minimum atomic E-state index is -0.113. The van der Waals surface area contributed by atoms with Crippen LogP contribution < -0.4 is 5.73 Å². The molecule has 6 nitrogen and oxygen atoms in total. The van der Waals surface area contributed by atoms with E-state index in [-0.39, 0.29) is 10.8 Å². The Morgan fingerprint density at radius 1 is 1.07 bits per heavy atom. The Morgan fingerprint density at radius 3 is 2.66 bits per heavy atom. The molecule has 4 rings (SSSR count). The molecular weight excluding hydrogens is 366 g/mol. The zero-order chi connectivity index (χ0) is 20.6. The van der Waals surface area contributed by atoms with Gasteiger partial charge in [-0.1, -0.05) is 24.2 Å². The van der Waals surface area contributed by atoms with Crippen molar-refractivity contribution in [1.82, 2.24) is 0 Å². The van der Waals surface area contributed by atoms with E-state index in [0.29, 0.717) is 49.2 Å². The Kier molecular flexibility index (Phi) is 5.75. The molecule has 0 spiro atoms. The molecule has 0 aromatic heterocycles. The molecule has 1 unspecified atom stereocenters. The molecule has 0 heterocycles. The van der Waals surface area contributed by atoms with Crippen molar-refractivity contribution in [2.24, 2.45) is 50.5 Å². The smallest absolute Gasteiger partial charge is 0.139 e. The molecule has 29 heavy (non-hydrogen) atoms. The van der Waals surface area contributed by atoms with Crippen LogP contribution in [0.4, 0.5) is 0 Å². The van der Waals surface area contributed by atoms with E-state index in [4.69, 9.17) is 15.4 Å². The van der Waals surface area contributed by atoms with Crippen LogP contribution in [0.15, 0.2) is 10.3 Å². The molecular formula is C23H37N3O3. The molecule has 0 aromatic rings. The van der Waals surface area contributed by atoms with Crippen LogP contribution >= 0.6 is 0 Å². The highest BCUT2D eigenvalue weighted by Crippen LogP contribution is 2.64. The summed E-state index contributed by atoms with van der Waals surface area (Å²) >= 11 is 0. The van der Waals surface area contributed by atoms with Crippen molar-refractivity contribution in [3.8, 4) is 0 Å². The predicted molar refractivity (Wildman–Crippen MR) is 114 cm³/mol. The van der Waals surface area contributed by atoms with E-state index in [9.17, 15) is 4.79 Å². The number of ketones is 1. The lowest BCUT2D eigenvalue weighted by molar-refractivity contribution is -0.133. The maximum Gasteiger partial charge on any atom is 0.139 e. The maximum absolute atomic E-state index is 12.7. The summed E-state index contributed by atoms with van der Waals surface area (Å²) < 4.78 is 0. The molecule has 2 N–H and O–H groups in total. The average Bonchev–Trinajstić information content (AvgIpc) is 3.01. The van der Waals surface area contributed by atoms with E-state index in [1.54, 1.807) is 0 Å². The van der Waals surface area contributed by atoms with Gasteiger partial charge in [0, 0.05) is 24.3 Å². The molecule has 4 aliphatic rings. The normalized spacial score (nSPS) is 44.3. The van der Waals surface area contributed by atoms with E-state index in [2.05, 4.69) is 24.2 Å². The number of fused-ring (bicyclic) bond motifs is 5. The zero-order valence-electron chi connectivity index (χ0n) is 18.3. The van der Waals surface area contributed by atoms with E-state index < -0.39 is 0 Å². The van der Waals surface area contributed by atoms with Crippen molar-refractivity contribution in [3.63, 3.8) is 0 Å². The first-order valence-corrected chi connectivity index (χ1v) is 11.5. The molecule has 0 amide bonds. The molecule has 6 heteroatoms. The third-order valence-corrected chi connectivity index (χ3v) is 8.74. The summed E-state index contributed by atoms with van der Waals surface area (Å²) in [6.07, 6.45) is 7.98. The second-order valence-electron chi connectivity index (χ2n) is 10.0. The molecule has 4 fully saturated rings. The number of hydrogen-bond donors (Lipinski definition) is 1. The van der Waals surface area contributed by atoms with Crippen molar-refractivity contribution in [2.75, 3.05) is 19.8 Å². The van der Waals surface area contributed by atoms with Gasteiger partial charge < -0.3 is 15.4 Å². The molecule has 4 saturated carbocycles. The third kappa shape index (κ3) is 3.41. The third-order valence-electron chi connectivity index (χ3n) is 8.74. The van der Waals surface area contributed by atoms with E-state index in [1.807, 2.05) is 6.92 Å². The lowest BCUT2D eigenvalue weighted by atomic mass is 9.45. The van der Waals surface area contributed by atoms with Crippen LogP contribution in [0.1, 0.15) is 72.1 Å². The van der Waals surface area contributed by atoms with Crippen LogP contribution in [-0.4, -0.2) is 37.0 Å². The van der Waals surface area contributed by atoms with Crippen LogP contribution in [0.5, 0.6) is 0 Å². The van der Waals surface area contributed by atoms with Crippen molar-refractivity contribution < 1.29 is 14.5 Å². The number of nitrogens with zero attached hydrogens (tertiary/aromatic N) is 2. The Morgan fingerprint density at radius 2 is 1.90 bits per heavy atom. The minimum absolute atomic E-state index is 0.113. The Bertz CT molecular complexity index is 705. The number of Topliss-reactive ketones (excluding diaryl/α,β-unsaturated/α-hetero) is 1. The van der Waals surface area contributed by atoms with Crippen LogP contribution in [0.25, 0.3) is 0 Å².